The van der Waals surface area contributed by atoms with Crippen molar-refractivity contribution in [3.05, 3.63) is 65.6 Å². The lowest BCUT2D eigenvalue weighted by Crippen LogP contribution is -2.33. The van der Waals surface area contributed by atoms with E-state index in [4.69, 9.17) is 0 Å². The van der Waals surface area contributed by atoms with Gasteiger partial charge in [-0.1, -0.05) is 25.1 Å². The molecule has 0 aliphatic rings. The molecule has 3 aromatic rings. The molecular formula is C23H30N4O. The number of amides is 1. The van der Waals surface area contributed by atoms with Gasteiger partial charge in [-0.2, -0.15) is 0 Å². The van der Waals surface area contributed by atoms with E-state index in [0.29, 0.717) is 6.42 Å². The maximum atomic E-state index is 12.7. The summed E-state index contributed by atoms with van der Waals surface area (Å²) >= 11 is 0. The largest absolute Gasteiger partial charge is 0.378 e. The number of carbonyl (C=O) groups excluding carboxylic acids is 1. The van der Waals surface area contributed by atoms with E-state index in [1.165, 1.54) is 0 Å². The van der Waals surface area contributed by atoms with Gasteiger partial charge in [0.2, 0.25) is 5.91 Å². The second-order valence-corrected chi connectivity index (χ2v) is 7.69. The zero-order chi connectivity index (χ0) is 20.3. The van der Waals surface area contributed by atoms with Crippen LogP contribution in [0.25, 0.3) is 5.65 Å². The van der Waals surface area contributed by atoms with E-state index in [0.717, 1.165) is 34.6 Å². The van der Waals surface area contributed by atoms with Crippen LogP contribution in [0.2, 0.25) is 0 Å². The topological polar surface area (TPSA) is 49.6 Å². The molecule has 148 valence electrons. The van der Waals surface area contributed by atoms with Crippen LogP contribution < -0.4 is 10.2 Å². The number of benzene rings is 1. The Bertz CT molecular complexity index is 943. The molecule has 2 unspecified atom stereocenters. The summed E-state index contributed by atoms with van der Waals surface area (Å²) in [6.07, 6.45) is 5.25. The van der Waals surface area contributed by atoms with Gasteiger partial charge in [0.05, 0.1) is 5.69 Å². The first-order chi connectivity index (χ1) is 13.4. The second-order valence-electron chi connectivity index (χ2n) is 7.69. The minimum absolute atomic E-state index is 0.0583. The van der Waals surface area contributed by atoms with Crippen LogP contribution >= 0.6 is 0 Å². The van der Waals surface area contributed by atoms with Crippen molar-refractivity contribution in [2.45, 2.75) is 45.6 Å². The van der Waals surface area contributed by atoms with Crippen LogP contribution in [0.5, 0.6) is 0 Å². The number of nitrogens with zero attached hydrogens (tertiary/aromatic N) is 3. The molecule has 1 amide bonds. The summed E-state index contributed by atoms with van der Waals surface area (Å²) in [4.78, 5) is 19.4. The van der Waals surface area contributed by atoms with Crippen LogP contribution in [0.4, 0.5) is 5.69 Å². The van der Waals surface area contributed by atoms with Crippen LogP contribution in [0.1, 0.15) is 49.4 Å². The lowest BCUT2D eigenvalue weighted by molar-refractivity contribution is -0.121. The van der Waals surface area contributed by atoms with Crippen LogP contribution in [0.3, 0.4) is 0 Å². The number of pyridine rings is 1. The molecule has 0 aliphatic heterocycles. The Morgan fingerprint density at radius 2 is 1.93 bits per heavy atom. The first-order valence-electron chi connectivity index (χ1n) is 9.90. The number of imidazole rings is 1. The number of hydrogen-bond donors (Lipinski definition) is 1. The predicted molar refractivity (Wildman–Crippen MR) is 115 cm³/mol. The summed E-state index contributed by atoms with van der Waals surface area (Å²) in [5.74, 6) is 0.00991. The molecule has 1 aromatic carbocycles. The molecule has 1 N–H and O–H groups in total. The van der Waals surface area contributed by atoms with Gasteiger partial charge in [-0.05, 0) is 49.6 Å². The minimum Gasteiger partial charge on any atom is -0.378 e. The van der Waals surface area contributed by atoms with E-state index in [-0.39, 0.29) is 17.9 Å². The minimum atomic E-state index is -0.0583. The van der Waals surface area contributed by atoms with Crippen molar-refractivity contribution in [2.24, 2.45) is 0 Å². The van der Waals surface area contributed by atoms with E-state index in [1.54, 1.807) is 0 Å². The lowest BCUT2D eigenvalue weighted by atomic mass is 9.92. The van der Waals surface area contributed by atoms with Gasteiger partial charge in [0.1, 0.15) is 5.65 Å². The van der Waals surface area contributed by atoms with Crippen molar-refractivity contribution >= 4 is 17.2 Å². The normalized spacial score (nSPS) is 13.3. The summed E-state index contributed by atoms with van der Waals surface area (Å²) in [5.41, 5.74) is 5.36. The van der Waals surface area contributed by atoms with Gasteiger partial charge in [-0.25, -0.2) is 4.98 Å². The van der Waals surface area contributed by atoms with Gasteiger partial charge in [0, 0.05) is 50.6 Å². The fourth-order valence-electron chi connectivity index (χ4n) is 3.45. The number of aryl methyl sites for hydroxylation is 1. The van der Waals surface area contributed by atoms with Crippen molar-refractivity contribution in [2.75, 3.05) is 19.0 Å². The average Bonchev–Trinajstić information content (AvgIpc) is 3.11. The average molecular weight is 379 g/mol. The molecule has 0 bridgehead atoms. The molecule has 28 heavy (non-hydrogen) atoms. The van der Waals surface area contributed by atoms with Crippen molar-refractivity contribution in [3.63, 3.8) is 0 Å². The Labute approximate surface area is 167 Å². The Morgan fingerprint density at radius 3 is 2.57 bits per heavy atom. The molecule has 0 fully saturated rings. The van der Waals surface area contributed by atoms with E-state index >= 15 is 0 Å². The molecular weight excluding hydrogens is 348 g/mol. The number of nitrogens with one attached hydrogen (secondary N) is 1. The fraction of sp³-hybridized carbons (Fsp3) is 0.391. The Balaban J connectivity index is 2.00. The summed E-state index contributed by atoms with van der Waals surface area (Å²) in [7, 11) is 4.05. The summed E-state index contributed by atoms with van der Waals surface area (Å²) in [6, 6.07) is 12.7. The van der Waals surface area contributed by atoms with E-state index in [2.05, 4.69) is 63.8 Å². The fourth-order valence-corrected chi connectivity index (χ4v) is 3.45. The van der Waals surface area contributed by atoms with E-state index in [9.17, 15) is 4.79 Å². The number of hydrogen-bond acceptors (Lipinski definition) is 3. The van der Waals surface area contributed by atoms with Gasteiger partial charge in [0.15, 0.2) is 0 Å². The molecule has 0 aliphatic carbocycles. The monoisotopic (exact) mass is 378 g/mol. The van der Waals surface area contributed by atoms with E-state index in [1.807, 2.05) is 39.5 Å². The molecule has 0 saturated heterocycles. The van der Waals surface area contributed by atoms with Crippen molar-refractivity contribution in [3.8, 4) is 0 Å². The molecule has 0 saturated carbocycles. The maximum Gasteiger partial charge on any atom is 0.221 e. The van der Waals surface area contributed by atoms with Crippen molar-refractivity contribution < 1.29 is 4.79 Å². The first kappa shape index (κ1) is 19.9. The van der Waals surface area contributed by atoms with Crippen LogP contribution in [0.15, 0.2) is 48.8 Å². The number of aromatic nitrogens is 2. The van der Waals surface area contributed by atoms with Gasteiger partial charge < -0.3 is 14.6 Å². The smallest absolute Gasteiger partial charge is 0.221 e. The molecule has 5 nitrogen and oxygen atoms in total. The molecule has 2 atom stereocenters. The molecule has 5 heteroatoms. The second kappa shape index (κ2) is 8.46. The van der Waals surface area contributed by atoms with Gasteiger partial charge >= 0.3 is 0 Å². The Kier molecular flexibility index (Phi) is 6.02. The first-order valence-corrected chi connectivity index (χ1v) is 9.90. The predicted octanol–water partition coefficient (Wildman–Crippen LogP) is 4.15. The summed E-state index contributed by atoms with van der Waals surface area (Å²) in [5, 5.41) is 3.10. The Hall–Kier alpha value is -2.82. The Morgan fingerprint density at radius 1 is 1.21 bits per heavy atom. The van der Waals surface area contributed by atoms with Gasteiger partial charge in [0.25, 0.3) is 0 Å². The molecule has 0 radical (unpaired) electrons. The third kappa shape index (κ3) is 4.19. The third-order valence-corrected chi connectivity index (χ3v) is 5.34. The van der Waals surface area contributed by atoms with Crippen LogP contribution in [-0.2, 0) is 4.79 Å². The zero-order valence-corrected chi connectivity index (χ0v) is 17.4. The quantitative estimate of drug-likeness (QED) is 0.672. The molecule has 2 heterocycles. The zero-order valence-electron chi connectivity index (χ0n) is 17.4. The van der Waals surface area contributed by atoms with Crippen molar-refractivity contribution in [1.82, 2.24) is 14.7 Å². The highest BCUT2D eigenvalue weighted by Gasteiger charge is 2.23. The summed E-state index contributed by atoms with van der Waals surface area (Å²) < 4.78 is 2.11. The molecule has 0 spiro atoms. The summed E-state index contributed by atoms with van der Waals surface area (Å²) in [6.45, 7) is 6.18. The van der Waals surface area contributed by atoms with Crippen LogP contribution in [-0.4, -0.2) is 35.4 Å². The highest BCUT2D eigenvalue weighted by molar-refractivity contribution is 5.78. The number of carbonyl (C=O) groups is 1. The lowest BCUT2D eigenvalue weighted by Gasteiger charge is -2.20. The maximum absolute atomic E-state index is 12.7. The third-order valence-electron chi connectivity index (χ3n) is 5.34. The number of fused-ring (bicyclic) bond motifs is 1. The number of anilines is 1. The van der Waals surface area contributed by atoms with Gasteiger partial charge in [-0.3, -0.25) is 4.79 Å². The highest BCUT2D eigenvalue weighted by Crippen LogP contribution is 2.30. The highest BCUT2D eigenvalue weighted by atomic mass is 16.1. The number of rotatable bonds is 7. The van der Waals surface area contributed by atoms with Crippen LogP contribution in [0, 0.1) is 6.92 Å². The van der Waals surface area contributed by atoms with Gasteiger partial charge in [-0.15, -0.1) is 0 Å². The SMILES string of the molecule is CCC(C)NC(=O)CC(c1ccc(N(C)C)cc1)c1cnc2c(C)cccn12. The molecule has 2 aromatic heterocycles. The van der Waals surface area contributed by atoms with Crippen molar-refractivity contribution in [1.29, 1.82) is 0 Å². The van der Waals surface area contributed by atoms with E-state index < -0.39 is 0 Å². The molecule has 3 rings (SSSR count). The standard InChI is InChI=1S/C23H30N4O/c1-6-17(3)25-22(28)14-20(18-9-11-19(12-10-18)26(4)5)21-15-24-23-16(2)8-7-13-27(21)23/h7-13,15,17,20H,6,14H2,1-5H3,(H,25,28).